The molecule has 456 valence electrons. The SMILES string of the molecule is CC/C=C/C=C/C=C/CCCCCCCCCC(=O)OC1C(OCC(NC(=O)C(O)CCCCCCCCCCCCC/C=C\C/C=C\C/C=C\CCCCC)C(O)/C=C/CCCCCCCCCCC)OC(CO)C(O)C1O. The van der Waals surface area contributed by atoms with E-state index in [0.717, 1.165) is 109 Å². The van der Waals surface area contributed by atoms with E-state index in [1.165, 1.54) is 116 Å². The summed E-state index contributed by atoms with van der Waals surface area (Å²) in [7, 11) is 0. The van der Waals surface area contributed by atoms with Gasteiger partial charge in [-0.1, -0.05) is 266 Å². The number of hydrogen-bond donors (Lipinski definition) is 6. The lowest BCUT2D eigenvalue weighted by atomic mass is 9.99. The molecule has 0 aromatic rings. The first kappa shape index (κ1) is 73.9. The van der Waals surface area contributed by atoms with E-state index in [1.54, 1.807) is 6.08 Å². The molecule has 0 spiro atoms. The number of hydrogen-bond acceptors (Lipinski definition) is 10. The number of carbonyl (C=O) groups is 2. The Morgan fingerprint density at radius 3 is 1.49 bits per heavy atom. The molecule has 1 heterocycles. The van der Waals surface area contributed by atoms with Crippen molar-refractivity contribution in [2.75, 3.05) is 13.2 Å². The zero-order valence-electron chi connectivity index (χ0n) is 50.5. The van der Waals surface area contributed by atoms with Gasteiger partial charge in [0.2, 0.25) is 5.91 Å². The lowest BCUT2D eigenvalue weighted by Gasteiger charge is -2.41. The zero-order valence-corrected chi connectivity index (χ0v) is 50.5. The molecule has 8 atom stereocenters. The molecule has 1 amide bonds. The Labute approximate surface area is 483 Å². The Hall–Kier alpha value is -3.16. The third-order valence-electron chi connectivity index (χ3n) is 14.8. The highest BCUT2D eigenvalue weighted by Gasteiger charge is 2.47. The van der Waals surface area contributed by atoms with E-state index in [4.69, 9.17) is 14.2 Å². The van der Waals surface area contributed by atoms with Crippen molar-refractivity contribution in [3.8, 4) is 0 Å². The number of allylic oxidation sites excluding steroid dienone is 13. The van der Waals surface area contributed by atoms with Crippen LogP contribution in [-0.4, -0.2) is 99.6 Å². The molecule has 0 saturated carbocycles. The lowest BCUT2D eigenvalue weighted by molar-refractivity contribution is -0.305. The molecule has 11 nitrogen and oxygen atoms in total. The Morgan fingerprint density at radius 2 is 0.962 bits per heavy atom. The standard InChI is InChI=1S/C68H119NO10/c1-4-7-10-13-16-19-22-24-26-27-28-29-30-31-32-33-34-36-37-40-43-46-49-52-55-61(72)67(76)69-59(60(71)54-51-48-45-42-39-21-18-15-12-9-6-3)58-77-68-66(65(75)64(74)62(57-70)78-68)79-63(73)56-53-50-47-44-41-38-35-25-23-20-17-14-11-8-5-2/h8,11,14,16-17,19-20,23-24,26,28-29,51,54,59-62,64-66,68,70-72,74-75H,4-7,9-10,12-13,15,18,21-22,25,27,30-50,52-53,55-58H2,1-3H3,(H,69,76)/b11-8+,17-14+,19-16-,23-20+,26-24-,29-28-,54-51+. The average Bonchev–Trinajstić information content (AvgIpc) is 3.47. The van der Waals surface area contributed by atoms with Crippen LogP contribution in [0.3, 0.4) is 0 Å². The Bertz CT molecular complexity index is 1610. The molecule has 0 bridgehead atoms. The van der Waals surface area contributed by atoms with E-state index in [9.17, 15) is 35.1 Å². The second-order valence-electron chi connectivity index (χ2n) is 22.2. The van der Waals surface area contributed by atoms with Gasteiger partial charge in [-0.3, -0.25) is 9.59 Å². The average molecular weight is 1110 g/mol. The van der Waals surface area contributed by atoms with Crippen LogP contribution in [0.5, 0.6) is 0 Å². The van der Waals surface area contributed by atoms with Crippen molar-refractivity contribution >= 4 is 11.9 Å². The highest BCUT2D eigenvalue weighted by atomic mass is 16.7. The summed E-state index contributed by atoms with van der Waals surface area (Å²) in [5, 5.41) is 57.0. The molecule has 1 rings (SSSR count). The summed E-state index contributed by atoms with van der Waals surface area (Å²) in [4.78, 5) is 26.6. The number of unbranched alkanes of at least 4 members (excludes halogenated alkanes) is 30. The van der Waals surface area contributed by atoms with Crippen LogP contribution in [-0.2, 0) is 23.8 Å². The molecule has 1 saturated heterocycles. The van der Waals surface area contributed by atoms with Gasteiger partial charge in [-0.2, -0.15) is 0 Å². The Balaban J connectivity index is 2.61. The summed E-state index contributed by atoms with van der Waals surface area (Å²) in [5.74, 6) is -1.21. The van der Waals surface area contributed by atoms with Gasteiger partial charge in [0.25, 0.3) is 0 Å². The van der Waals surface area contributed by atoms with E-state index >= 15 is 0 Å². The second-order valence-corrected chi connectivity index (χ2v) is 22.2. The van der Waals surface area contributed by atoms with Crippen molar-refractivity contribution in [3.63, 3.8) is 0 Å². The number of aliphatic hydroxyl groups excluding tert-OH is 5. The molecule has 1 aliphatic heterocycles. The number of ether oxygens (including phenoxy) is 3. The number of amides is 1. The maximum Gasteiger partial charge on any atom is 0.306 e. The van der Waals surface area contributed by atoms with E-state index in [-0.39, 0.29) is 19.4 Å². The molecule has 79 heavy (non-hydrogen) atoms. The summed E-state index contributed by atoms with van der Waals surface area (Å²) in [6.07, 6.45) is 61.9. The Morgan fingerprint density at radius 1 is 0.519 bits per heavy atom. The zero-order chi connectivity index (χ0) is 57.5. The molecule has 0 aliphatic carbocycles. The largest absolute Gasteiger partial charge is 0.454 e. The van der Waals surface area contributed by atoms with Crippen LogP contribution in [0.2, 0.25) is 0 Å². The maximum atomic E-state index is 13.4. The van der Waals surface area contributed by atoms with Gasteiger partial charge >= 0.3 is 5.97 Å². The topological polar surface area (TPSA) is 175 Å². The highest BCUT2D eigenvalue weighted by Crippen LogP contribution is 2.26. The molecule has 1 aliphatic rings. The molecule has 6 N–H and O–H groups in total. The van der Waals surface area contributed by atoms with Gasteiger partial charge in [-0.25, -0.2) is 0 Å². The van der Waals surface area contributed by atoms with Gasteiger partial charge in [-0.05, 0) is 83.5 Å². The fraction of sp³-hybridized carbons (Fsp3) is 0.765. The van der Waals surface area contributed by atoms with E-state index in [0.29, 0.717) is 12.8 Å². The number of aliphatic hydroxyl groups is 5. The second kappa shape index (κ2) is 55.4. The summed E-state index contributed by atoms with van der Waals surface area (Å²) in [6.45, 7) is 5.62. The van der Waals surface area contributed by atoms with Crippen LogP contribution in [0, 0.1) is 0 Å². The molecule has 11 heteroatoms. The minimum absolute atomic E-state index is 0.107. The molecule has 0 radical (unpaired) electrons. The van der Waals surface area contributed by atoms with Crippen LogP contribution >= 0.6 is 0 Å². The fourth-order valence-corrected chi connectivity index (χ4v) is 9.72. The normalized spacial score (nSPS) is 19.4. The van der Waals surface area contributed by atoms with Gasteiger partial charge in [0.15, 0.2) is 12.4 Å². The van der Waals surface area contributed by atoms with Crippen molar-refractivity contribution in [3.05, 3.63) is 85.1 Å². The first-order valence-electron chi connectivity index (χ1n) is 32.4. The van der Waals surface area contributed by atoms with Crippen molar-refractivity contribution < 1.29 is 49.3 Å². The minimum Gasteiger partial charge on any atom is -0.454 e. The summed E-state index contributed by atoms with van der Waals surface area (Å²) in [6, 6.07) is -1.03. The predicted octanol–water partition coefficient (Wildman–Crippen LogP) is 15.7. The summed E-state index contributed by atoms with van der Waals surface area (Å²) < 4.78 is 17.6. The van der Waals surface area contributed by atoms with E-state index in [1.807, 2.05) is 12.2 Å². The number of nitrogens with one attached hydrogen (secondary N) is 1. The van der Waals surface area contributed by atoms with Crippen LogP contribution in [0.1, 0.15) is 271 Å². The van der Waals surface area contributed by atoms with Crippen molar-refractivity contribution in [1.82, 2.24) is 5.32 Å². The van der Waals surface area contributed by atoms with Crippen molar-refractivity contribution in [2.24, 2.45) is 0 Å². The van der Waals surface area contributed by atoms with Gasteiger partial charge < -0.3 is 45.1 Å². The van der Waals surface area contributed by atoms with E-state index < -0.39 is 67.4 Å². The van der Waals surface area contributed by atoms with Crippen molar-refractivity contribution in [1.29, 1.82) is 0 Å². The first-order chi connectivity index (χ1) is 38.7. The highest BCUT2D eigenvalue weighted by molar-refractivity contribution is 5.80. The third kappa shape index (κ3) is 43.2. The summed E-state index contributed by atoms with van der Waals surface area (Å²) in [5.41, 5.74) is 0. The van der Waals surface area contributed by atoms with Crippen LogP contribution < -0.4 is 5.32 Å². The van der Waals surface area contributed by atoms with Crippen LogP contribution in [0.25, 0.3) is 0 Å². The fourth-order valence-electron chi connectivity index (χ4n) is 9.72. The predicted molar refractivity (Wildman–Crippen MR) is 329 cm³/mol. The van der Waals surface area contributed by atoms with Crippen LogP contribution in [0.4, 0.5) is 0 Å². The number of rotatable bonds is 54. The lowest BCUT2D eigenvalue weighted by Crippen LogP contribution is -2.61. The monoisotopic (exact) mass is 1110 g/mol. The molecule has 8 unspecified atom stereocenters. The number of carbonyl (C=O) groups excluding carboxylic acids is 2. The summed E-state index contributed by atoms with van der Waals surface area (Å²) >= 11 is 0. The van der Waals surface area contributed by atoms with Gasteiger partial charge in [0, 0.05) is 6.42 Å². The van der Waals surface area contributed by atoms with Gasteiger partial charge in [0.05, 0.1) is 25.4 Å². The smallest absolute Gasteiger partial charge is 0.306 e. The first-order valence-corrected chi connectivity index (χ1v) is 32.4. The number of esters is 1. The van der Waals surface area contributed by atoms with E-state index in [2.05, 4.69) is 92.9 Å². The molecule has 1 fully saturated rings. The molecular formula is C68H119NO10. The van der Waals surface area contributed by atoms with Crippen molar-refractivity contribution in [2.45, 2.75) is 320 Å². The van der Waals surface area contributed by atoms with Crippen LogP contribution in [0.15, 0.2) is 85.1 Å². The maximum absolute atomic E-state index is 13.4. The molecular weight excluding hydrogens is 991 g/mol. The quantitative estimate of drug-likeness (QED) is 0.0149. The minimum atomic E-state index is -1.62. The Kier molecular flexibility index (Phi) is 51.8. The van der Waals surface area contributed by atoms with Gasteiger partial charge in [0.1, 0.15) is 24.4 Å². The third-order valence-corrected chi connectivity index (χ3v) is 14.8. The molecule has 0 aromatic carbocycles. The van der Waals surface area contributed by atoms with Gasteiger partial charge in [-0.15, -0.1) is 0 Å². The molecule has 0 aromatic heterocycles.